The molecule has 0 aromatic heterocycles. The van der Waals surface area contributed by atoms with E-state index in [1.807, 2.05) is 6.92 Å². The minimum Gasteiger partial charge on any atom is -0.393 e. The summed E-state index contributed by atoms with van der Waals surface area (Å²) in [7, 11) is 0. The predicted molar refractivity (Wildman–Crippen MR) is 87.3 cm³/mol. The molecule has 0 bridgehead atoms. The topological polar surface area (TPSA) is 49.3 Å². The molecule has 3 nitrogen and oxygen atoms in total. The second-order valence-corrected chi connectivity index (χ2v) is 6.92. The lowest BCUT2D eigenvalue weighted by Crippen LogP contribution is -2.34. The van der Waals surface area contributed by atoms with Crippen LogP contribution in [0.25, 0.3) is 0 Å². The van der Waals surface area contributed by atoms with Gasteiger partial charge in [-0.3, -0.25) is 4.79 Å². The van der Waals surface area contributed by atoms with Crippen LogP contribution in [0.15, 0.2) is 24.3 Å². The zero-order valence-electron chi connectivity index (χ0n) is 13.9. The van der Waals surface area contributed by atoms with Crippen LogP contribution in [0.1, 0.15) is 51.7 Å². The third kappa shape index (κ3) is 6.30. The van der Waals surface area contributed by atoms with E-state index in [-0.39, 0.29) is 23.3 Å². The van der Waals surface area contributed by atoms with E-state index in [4.69, 9.17) is 0 Å². The highest BCUT2D eigenvalue weighted by molar-refractivity contribution is 5.77. The molecule has 0 heterocycles. The van der Waals surface area contributed by atoms with E-state index in [1.165, 1.54) is 11.1 Å². The zero-order chi connectivity index (χ0) is 16.0. The summed E-state index contributed by atoms with van der Waals surface area (Å²) in [5, 5.41) is 12.3. The van der Waals surface area contributed by atoms with Crippen LogP contribution in [-0.4, -0.2) is 23.7 Å². The molecular weight excluding hydrogens is 262 g/mol. The van der Waals surface area contributed by atoms with Crippen molar-refractivity contribution in [3.05, 3.63) is 35.4 Å². The van der Waals surface area contributed by atoms with Gasteiger partial charge in [0.1, 0.15) is 0 Å². The number of carbonyl (C=O) groups is 1. The quantitative estimate of drug-likeness (QED) is 0.810. The predicted octanol–water partition coefficient (Wildman–Crippen LogP) is 3.19. The summed E-state index contributed by atoms with van der Waals surface area (Å²) in [5.41, 5.74) is 2.23. The molecule has 3 heteroatoms. The molecule has 2 unspecified atom stereocenters. The van der Waals surface area contributed by atoms with Gasteiger partial charge >= 0.3 is 0 Å². The summed E-state index contributed by atoms with van der Waals surface area (Å²) in [6.07, 6.45) is 0.861. The monoisotopic (exact) mass is 291 g/mol. The van der Waals surface area contributed by atoms with Crippen molar-refractivity contribution < 1.29 is 9.90 Å². The molecule has 0 aliphatic carbocycles. The van der Waals surface area contributed by atoms with Gasteiger partial charge < -0.3 is 10.4 Å². The molecule has 1 aromatic carbocycles. The van der Waals surface area contributed by atoms with Crippen LogP contribution < -0.4 is 5.32 Å². The Morgan fingerprint density at radius 1 is 1.24 bits per heavy atom. The number of benzene rings is 1. The van der Waals surface area contributed by atoms with Gasteiger partial charge in [0.25, 0.3) is 0 Å². The fourth-order valence-corrected chi connectivity index (χ4v) is 2.52. The molecule has 0 spiro atoms. The van der Waals surface area contributed by atoms with E-state index in [1.54, 1.807) is 6.92 Å². The lowest BCUT2D eigenvalue weighted by Gasteiger charge is -2.25. The first-order valence-corrected chi connectivity index (χ1v) is 7.72. The second-order valence-electron chi connectivity index (χ2n) is 6.92. The smallest absolute Gasteiger partial charge is 0.220 e. The maximum atomic E-state index is 12.1. The van der Waals surface area contributed by atoms with Crippen LogP contribution in [0.2, 0.25) is 0 Å². The summed E-state index contributed by atoms with van der Waals surface area (Å²) in [5.74, 6) is 0.356. The van der Waals surface area contributed by atoms with Gasteiger partial charge in [0, 0.05) is 13.0 Å². The highest BCUT2D eigenvalue weighted by Gasteiger charge is 2.24. The molecule has 21 heavy (non-hydrogen) atoms. The van der Waals surface area contributed by atoms with Gasteiger partial charge in [-0.25, -0.2) is 0 Å². The van der Waals surface area contributed by atoms with Crippen molar-refractivity contribution in [1.82, 2.24) is 5.32 Å². The van der Waals surface area contributed by atoms with Gasteiger partial charge in [0.2, 0.25) is 5.91 Å². The molecule has 0 saturated heterocycles. The maximum absolute atomic E-state index is 12.1. The normalized spacial score (nSPS) is 14.6. The van der Waals surface area contributed by atoms with Gasteiger partial charge in [-0.15, -0.1) is 0 Å². The first-order chi connectivity index (χ1) is 9.70. The van der Waals surface area contributed by atoms with E-state index in [2.05, 4.69) is 50.4 Å². The zero-order valence-corrected chi connectivity index (χ0v) is 13.9. The Labute approximate surface area is 128 Å². The molecule has 0 aliphatic rings. The van der Waals surface area contributed by atoms with Crippen LogP contribution in [-0.2, 0) is 10.2 Å². The summed E-state index contributed by atoms with van der Waals surface area (Å²) in [6.45, 7) is 10.7. The standard InChI is InChI=1S/C18H29NO2/c1-13-6-8-16(9-7-13)18(4,5)11-17(21)19-12-14(2)10-15(3)20/h6-9,14-15,20H,10-12H2,1-5H3,(H,19,21). The van der Waals surface area contributed by atoms with Gasteiger partial charge in [0.05, 0.1) is 6.10 Å². The Bertz CT molecular complexity index is 449. The Balaban J connectivity index is 2.51. The molecule has 2 N–H and O–H groups in total. The summed E-state index contributed by atoms with van der Waals surface area (Å²) < 4.78 is 0. The first-order valence-electron chi connectivity index (χ1n) is 7.72. The fraction of sp³-hybridized carbons (Fsp3) is 0.611. The van der Waals surface area contributed by atoms with E-state index in [0.717, 1.165) is 0 Å². The van der Waals surface area contributed by atoms with E-state index >= 15 is 0 Å². The number of rotatable bonds is 7. The molecule has 118 valence electrons. The van der Waals surface area contributed by atoms with Crippen molar-refractivity contribution in [2.24, 2.45) is 5.92 Å². The molecule has 1 aromatic rings. The molecular formula is C18H29NO2. The lowest BCUT2D eigenvalue weighted by atomic mass is 9.81. The van der Waals surface area contributed by atoms with Crippen molar-refractivity contribution in [2.45, 2.75) is 59.0 Å². The van der Waals surface area contributed by atoms with Crippen LogP contribution >= 0.6 is 0 Å². The van der Waals surface area contributed by atoms with E-state index in [0.29, 0.717) is 19.4 Å². The summed E-state index contributed by atoms with van der Waals surface area (Å²) in [6, 6.07) is 8.36. The van der Waals surface area contributed by atoms with Crippen LogP contribution in [0.3, 0.4) is 0 Å². The van der Waals surface area contributed by atoms with E-state index < -0.39 is 0 Å². The Morgan fingerprint density at radius 3 is 2.33 bits per heavy atom. The van der Waals surface area contributed by atoms with Crippen molar-refractivity contribution in [3.8, 4) is 0 Å². The largest absolute Gasteiger partial charge is 0.393 e. The number of aliphatic hydroxyl groups excluding tert-OH is 1. The van der Waals surface area contributed by atoms with E-state index in [9.17, 15) is 9.90 Å². The third-order valence-corrected chi connectivity index (χ3v) is 3.83. The fourth-order valence-electron chi connectivity index (χ4n) is 2.52. The minimum absolute atomic E-state index is 0.0676. The number of nitrogens with one attached hydrogen (secondary N) is 1. The molecule has 0 fully saturated rings. The lowest BCUT2D eigenvalue weighted by molar-refractivity contribution is -0.122. The third-order valence-electron chi connectivity index (χ3n) is 3.83. The van der Waals surface area contributed by atoms with Crippen LogP contribution in [0.4, 0.5) is 0 Å². The van der Waals surface area contributed by atoms with Gasteiger partial charge in [-0.1, -0.05) is 50.6 Å². The Morgan fingerprint density at radius 2 is 1.81 bits per heavy atom. The van der Waals surface area contributed by atoms with Crippen LogP contribution in [0.5, 0.6) is 0 Å². The summed E-state index contributed by atoms with van der Waals surface area (Å²) >= 11 is 0. The maximum Gasteiger partial charge on any atom is 0.220 e. The number of hydrogen-bond donors (Lipinski definition) is 2. The molecule has 1 rings (SSSR count). The Hall–Kier alpha value is -1.35. The molecule has 0 radical (unpaired) electrons. The number of hydrogen-bond acceptors (Lipinski definition) is 2. The van der Waals surface area contributed by atoms with Gasteiger partial charge in [0.15, 0.2) is 0 Å². The highest BCUT2D eigenvalue weighted by atomic mass is 16.3. The number of amides is 1. The number of carbonyl (C=O) groups excluding carboxylic acids is 1. The molecule has 1 amide bonds. The molecule has 2 atom stereocenters. The van der Waals surface area contributed by atoms with Crippen molar-refractivity contribution in [2.75, 3.05) is 6.54 Å². The molecule has 0 aliphatic heterocycles. The average Bonchev–Trinajstić information content (AvgIpc) is 2.35. The molecule has 0 saturated carbocycles. The van der Waals surface area contributed by atoms with Crippen molar-refractivity contribution >= 4 is 5.91 Å². The summed E-state index contributed by atoms with van der Waals surface area (Å²) in [4.78, 5) is 12.1. The number of aliphatic hydroxyl groups is 1. The SMILES string of the molecule is Cc1ccc(C(C)(C)CC(=O)NCC(C)CC(C)O)cc1. The first kappa shape index (κ1) is 17.7. The van der Waals surface area contributed by atoms with Gasteiger partial charge in [-0.2, -0.15) is 0 Å². The van der Waals surface area contributed by atoms with Crippen LogP contribution in [0, 0.1) is 12.8 Å². The van der Waals surface area contributed by atoms with Gasteiger partial charge in [-0.05, 0) is 37.2 Å². The highest BCUT2D eigenvalue weighted by Crippen LogP contribution is 2.27. The van der Waals surface area contributed by atoms with Crippen molar-refractivity contribution in [3.63, 3.8) is 0 Å². The number of aryl methyl sites for hydroxylation is 1. The van der Waals surface area contributed by atoms with Crippen molar-refractivity contribution in [1.29, 1.82) is 0 Å². The minimum atomic E-state index is -0.319. The Kier molecular flexibility index (Phi) is 6.41. The second kappa shape index (κ2) is 7.60. The average molecular weight is 291 g/mol.